The maximum atomic E-state index is 12.4. The molecule has 3 rings (SSSR count). The zero-order valence-corrected chi connectivity index (χ0v) is 16.2. The van der Waals surface area contributed by atoms with Crippen LogP contribution >= 0.6 is 0 Å². The number of methoxy groups -OCH3 is 1. The molecule has 0 bridgehead atoms. The molecule has 1 heterocycles. The van der Waals surface area contributed by atoms with Gasteiger partial charge in [-0.2, -0.15) is 0 Å². The largest absolute Gasteiger partial charge is 0.469 e. The number of hydrogen-bond acceptors (Lipinski definition) is 4. The summed E-state index contributed by atoms with van der Waals surface area (Å²) in [6.45, 7) is 4.21. The van der Waals surface area contributed by atoms with Gasteiger partial charge in [-0.25, -0.2) is 0 Å². The van der Waals surface area contributed by atoms with Gasteiger partial charge in [-0.3, -0.25) is 9.59 Å². The molecule has 2 aromatic rings. The molecule has 0 saturated heterocycles. The Bertz CT molecular complexity index is 793. The zero-order chi connectivity index (χ0) is 19.4. The predicted molar refractivity (Wildman–Crippen MR) is 102 cm³/mol. The van der Waals surface area contributed by atoms with Gasteiger partial charge in [-0.1, -0.05) is 36.8 Å². The second-order valence-corrected chi connectivity index (χ2v) is 7.43. The molecule has 3 atom stereocenters. The van der Waals surface area contributed by atoms with Crippen molar-refractivity contribution in [2.24, 2.45) is 5.92 Å². The molecule has 1 fully saturated rings. The van der Waals surface area contributed by atoms with Crippen molar-refractivity contribution in [3.8, 4) is 0 Å². The SMILES string of the molecule is COC(=O)CC(NC(=O)CCc1ccc(C2CC2C)o1)c1ccc(C)cc1. The van der Waals surface area contributed by atoms with Crippen molar-refractivity contribution in [2.45, 2.75) is 51.5 Å². The molecule has 3 unspecified atom stereocenters. The van der Waals surface area contributed by atoms with Crippen LogP contribution in [0.2, 0.25) is 0 Å². The van der Waals surface area contributed by atoms with Gasteiger partial charge < -0.3 is 14.5 Å². The van der Waals surface area contributed by atoms with Crippen LogP contribution in [0.3, 0.4) is 0 Å². The summed E-state index contributed by atoms with van der Waals surface area (Å²) in [5.74, 6) is 2.64. The van der Waals surface area contributed by atoms with E-state index in [1.807, 2.05) is 43.3 Å². The molecular weight excluding hydrogens is 342 g/mol. The Hall–Kier alpha value is -2.56. The lowest BCUT2D eigenvalue weighted by atomic mass is 10.0. The minimum atomic E-state index is -0.398. The molecule has 27 heavy (non-hydrogen) atoms. The molecule has 5 nitrogen and oxygen atoms in total. The quantitative estimate of drug-likeness (QED) is 0.713. The first-order chi connectivity index (χ1) is 13.0. The lowest BCUT2D eigenvalue weighted by Crippen LogP contribution is -2.30. The van der Waals surface area contributed by atoms with Crippen LogP contribution in [0.1, 0.15) is 60.8 Å². The molecular formula is C22H27NO4. The van der Waals surface area contributed by atoms with Gasteiger partial charge >= 0.3 is 5.97 Å². The third kappa shape index (κ3) is 5.22. The molecule has 0 radical (unpaired) electrons. The number of aryl methyl sites for hydroxylation is 2. The highest BCUT2D eigenvalue weighted by Gasteiger charge is 2.36. The smallest absolute Gasteiger partial charge is 0.307 e. The predicted octanol–water partition coefficient (Wildman–Crippen LogP) is 4.06. The standard InChI is InChI=1S/C22H27NO4/c1-14-4-6-16(7-5-14)19(13-22(25)26-3)23-21(24)11-9-17-8-10-20(27-17)18-12-15(18)2/h4-8,10,15,18-19H,9,11-13H2,1-3H3,(H,23,24). The van der Waals surface area contributed by atoms with Gasteiger partial charge in [0.15, 0.2) is 0 Å². The third-order valence-corrected chi connectivity index (χ3v) is 5.17. The average Bonchev–Trinajstić information content (AvgIpc) is 3.19. The van der Waals surface area contributed by atoms with E-state index < -0.39 is 6.04 Å². The second kappa shape index (κ2) is 8.42. The van der Waals surface area contributed by atoms with Crippen LogP contribution in [0.5, 0.6) is 0 Å². The Morgan fingerprint density at radius 1 is 1.22 bits per heavy atom. The topological polar surface area (TPSA) is 68.5 Å². The van der Waals surface area contributed by atoms with Crippen LogP contribution in [-0.2, 0) is 20.7 Å². The lowest BCUT2D eigenvalue weighted by molar-refractivity contribution is -0.141. The highest BCUT2D eigenvalue weighted by Crippen LogP contribution is 2.47. The summed E-state index contributed by atoms with van der Waals surface area (Å²) in [6.07, 6.45) is 2.15. The van der Waals surface area contributed by atoms with Gasteiger partial charge in [0.25, 0.3) is 0 Å². The lowest BCUT2D eigenvalue weighted by Gasteiger charge is -2.18. The molecule has 5 heteroatoms. The highest BCUT2D eigenvalue weighted by molar-refractivity contribution is 5.78. The van der Waals surface area contributed by atoms with Crippen molar-refractivity contribution in [3.05, 3.63) is 59.0 Å². The molecule has 1 N–H and O–H groups in total. The van der Waals surface area contributed by atoms with E-state index in [4.69, 9.17) is 9.15 Å². The maximum absolute atomic E-state index is 12.4. The third-order valence-electron chi connectivity index (χ3n) is 5.17. The molecule has 1 saturated carbocycles. The number of carbonyl (C=O) groups excluding carboxylic acids is 2. The van der Waals surface area contributed by atoms with Crippen LogP contribution < -0.4 is 5.32 Å². The first kappa shape index (κ1) is 19.2. The van der Waals surface area contributed by atoms with Gasteiger partial charge in [-0.15, -0.1) is 0 Å². The van der Waals surface area contributed by atoms with Crippen molar-refractivity contribution < 1.29 is 18.7 Å². The van der Waals surface area contributed by atoms with Crippen LogP contribution in [-0.4, -0.2) is 19.0 Å². The number of amides is 1. The van der Waals surface area contributed by atoms with E-state index in [0.717, 1.165) is 22.6 Å². The number of ether oxygens (including phenoxy) is 1. The van der Waals surface area contributed by atoms with E-state index in [0.29, 0.717) is 24.7 Å². The van der Waals surface area contributed by atoms with Crippen LogP contribution in [0, 0.1) is 12.8 Å². The van der Waals surface area contributed by atoms with Gasteiger partial charge in [0.05, 0.1) is 19.6 Å². The summed E-state index contributed by atoms with van der Waals surface area (Å²) in [4.78, 5) is 24.2. The Morgan fingerprint density at radius 2 is 1.93 bits per heavy atom. The van der Waals surface area contributed by atoms with E-state index in [-0.39, 0.29) is 18.3 Å². The Balaban J connectivity index is 1.57. The zero-order valence-electron chi connectivity index (χ0n) is 16.2. The average molecular weight is 369 g/mol. The number of esters is 1. The monoisotopic (exact) mass is 369 g/mol. The van der Waals surface area contributed by atoms with Crippen LogP contribution in [0.25, 0.3) is 0 Å². The number of hydrogen-bond donors (Lipinski definition) is 1. The fourth-order valence-corrected chi connectivity index (χ4v) is 3.25. The van der Waals surface area contributed by atoms with Gasteiger partial charge in [0.1, 0.15) is 11.5 Å². The first-order valence-corrected chi connectivity index (χ1v) is 9.47. The normalized spacial score (nSPS) is 19.4. The summed E-state index contributed by atoms with van der Waals surface area (Å²) in [5.41, 5.74) is 2.02. The Labute approximate surface area is 160 Å². The van der Waals surface area contributed by atoms with Gasteiger partial charge in [-0.05, 0) is 37.0 Å². The van der Waals surface area contributed by atoms with Crippen LogP contribution in [0.4, 0.5) is 0 Å². The van der Waals surface area contributed by atoms with E-state index in [1.165, 1.54) is 13.5 Å². The van der Waals surface area contributed by atoms with Crippen molar-refractivity contribution in [3.63, 3.8) is 0 Å². The van der Waals surface area contributed by atoms with Gasteiger partial charge in [0, 0.05) is 18.8 Å². The molecule has 1 aromatic heterocycles. The minimum absolute atomic E-state index is 0.107. The Kier molecular flexibility index (Phi) is 5.99. The number of rotatable bonds is 8. The summed E-state index contributed by atoms with van der Waals surface area (Å²) < 4.78 is 10.6. The molecule has 144 valence electrons. The van der Waals surface area contributed by atoms with Crippen molar-refractivity contribution in [1.29, 1.82) is 0 Å². The molecule has 1 aromatic carbocycles. The molecule has 0 aliphatic heterocycles. The van der Waals surface area contributed by atoms with E-state index in [1.54, 1.807) is 0 Å². The summed E-state index contributed by atoms with van der Waals surface area (Å²) in [5, 5.41) is 2.96. The van der Waals surface area contributed by atoms with Gasteiger partial charge in [0.2, 0.25) is 5.91 Å². The Morgan fingerprint density at radius 3 is 2.56 bits per heavy atom. The van der Waals surface area contributed by atoms with Crippen molar-refractivity contribution in [1.82, 2.24) is 5.32 Å². The highest BCUT2D eigenvalue weighted by atomic mass is 16.5. The first-order valence-electron chi connectivity index (χ1n) is 9.47. The summed E-state index contributed by atoms with van der Waals surface area (Å²) in [6, 6.07) is 11.4. The number of nitrogens with one attached hydrogen (secondary N) is 1. The molecule has 1 amide bonds. The number of carbonyl (C=O) groups is 2. The summed E-state index contributed by atoms with van der Waals surface area (Å²) in [7, 11) is 1.35. The number of benzene rings is 1. The van der Waals surface area contributed by atoms with E-state index in [9.17, 15) is 9.59 Å². The van der Waals surface area contributed by atoms with E-state index in [2.05, 4.69) is 12.2 Å². The van der Waals surface area contributed by atoms with Crippen molar-refractivity contribution in [2.75, 3.05) is 7.11 Å². The van der Waals surface area contributed by atoms with Crippen LogP contribution in [0.15, 0.2) is 40.8 Å². The molecule has 1 aliphatic carbocycles. The van der Waals surface area contributed by atoms with E-state index >= 15 is 0 Å². The maximum Gasteiger partial charge on any atom is 0.307 e. The molecule has 1 aliphatic rings. The number of furan rings is 1. The molecule has 0 spiro atoms. The summed E-state index contributed by atoms with van der Waals surface area (Å²) >= 11 is 0. The fraction of sp³-hybridized carbons (Fsp3) is 0.455. The second-order valence-electron chi connectivity index (χ2n) is 7.43. The van der Waals surface area contributed by atoms with Crippen molar-refractivity contribution >= 4 is 11.9 Å². The fourth-order valence-electron chi connectivity index (χ4n) is 3.25. The minimum Gasteiger partial charge on any atom is -0.469 e.